The zero-order chi connectivity index (χ0) is 23.5. The lowest BCUT2D eigenvalue weighted by atomic mass is 10.1. The van der Waals surface area contributed by atoms with E-state index in [1.54, 1.807) is 0 Å². The average Bonchev–Trinajstić information content (AvgIpc) is 2.73. The number of aliphatic carboxylic acids is 1. The van der Waals surface area contributed by atoms with Gasteiger partial charge in [-0.3, -0.25) is 9.59 Å². The Labute approximate surface area is 185 Å². The van der Waals surface area contributed by atoms with Crippen molar-refractivity contribution in [2.75, 3.05) is 0 Å². The lowest BCUT2D eigenvalue weighted by molar-refractivity contribution is -0.142. The smallest absolute Gasteiger partial charge is 0.326 e. The highest BCUT2D eigenvalue weighted by molar-refractivity contribution is 5.84. The maximum Gasteiger partial charge on any atom is 0.326 e. The van der Waals surface area contributed by atoms with E-state index >= 15 is 0 Å². The Morgan fingerprint density at radius 1 is 0.903 bits per heavy atom. The van der Waals surface area contributed by atoms with Gasteiger partial charge in [0.25, 0.3) is 0 Å². The third kappa shape index (κ3) is 17.2. The summed E-state index contributed by atoms with van der Waals surface area (Å²) in [6, 6.07) is -1.07. The summed E-state index contributed by atoms with van der Waals surface area (Å²) in [5.74, 6) is -2.06. The molecule has 0 fully saturated rings. The number of carboxylic acids is 1. The molecule has 178 valence electrons. The molecule has 0 unspecified atom stereocenters. The monoisotopic (exact) mass is 440 g/mol. The second-order valence-electron chi connectivity index (χ2n) is 7.73. The van der Waals surface area contributed by atoms with Gasteiger partial charge in [0.1, 0.15) is 6.04 Å². The largest absolute Gasteiger partial charge is 0.480 e. The van der Waals surface area contributed by atoms with Crippen LogP contribution in [0.2, 0.25) is 0 Å². The fraction of sp³-hybridized carbons (Fsp3) is 0.696. The van der Waals surface area contributed by atoms with E-state index in [0.29, 0.717) is 19.3 Å². The summed E-state index contributed by atoms with van der Waals surface area (Å²) in [5.41, 5.74) is 5.01. The number of aliphatic hydroxyl groups excluding tert-OH is 2. The standard InChI is InChI=1S/C23H40N2O6/c1-2-19(26)20(27)14-12-10-8-6-4-3-5-7-9-11-13-15-22(29)25-18(23(30)31)16-17-21(24)28/h4,6,10,12,18-20,26-27H,2-3,5,7-9,11,13-17H2,1H3,(H2,24,28)(H,25,29)(H,30,31)/b6-4-,12-10-/t18-,19-,20+/m0/s1. The predicted octanol–water partition coefficient (Wildman–Crippen LogP) is 2.58. The summed E-state index contributed by atoms with van der Waals surface area (Å²) in [7, 11) is 0. The lowest BCUT2D eigenvalue weighted by Crippen LogP contribution is -2.41. The van der Waals surface area contributed by atoms with Crippen molar-refractivity contribution in [1.82, 2.24) is 5.32 Å². The number of nitrogens with one attached hydrogen (secondary N) is 1. The van der Waals surface area contributed by atoms with E-state index in [2.05, 4.69) is 17.5 Å². The topological polar surface area (TPSA) is 150 Å². The van der Waals surface area contributed by atoms with Crippen LogP contribution in [0.5, 0.6) is 0 Å². The van der Waals surface area contributed by atoms with Gasteiger partial charge in [-0.2, -0.15) is 0 Å². The first kappa shape index (κ1) is 28.8. The van der Waals surface area contributed by atoms with Crippen LogP contribution in [0.15, 0.2) is 24.3 Å². The molecule has 0 saturated heterocycles. The van der Waals surface area contributed by atoms with Crippen LogP contribution in [0.25, 0.3) is 0 Å². The zero-order valence-corrected chi connectivity index (χ0v) is 18.7. The number of primary amides is 1. The number of carbonyl (C=O) groups excluding carboxylic acids is 2. The van der Waals surface area contributed by atoms with Crippen LogP contribution in [0.4, 0.5) is 0 Å². The minimum absolute atomic E-state index is 0.00362. The van der Waals surface area contributed by atoms with Gasteiger partial charge in [-0.15, -0.1) is 0 Å². The first-order valence-corrected chi connectivity index (χ1v) is 11.2. The summed E-state index contributed by atoms with van der Waals surface area (Å²) < 4.78 is 0. The Morgan fingerprint density at radius 3 is 2.19 bits per heavy atom. The molecule has 0 aromatic rings. The molecule has 0 aliphatic heterocycles. The molecule has 0 rings (SSSR count). The summed E-state index contributed by atoms with van der Waals surface area (Å²) >= 11 is 0. The van der Waals surface area contributed by atoms with Crippen LogP contribution >= 0.6 is 0 Å². The van der Waals surface area contributed by atoms with Gasteiger partial charge in [-0.25, -0.2) is 4.79 Å². The molecule has 0 spiro atoms. The minimum atomic E-state index is -1.16. The predicted molar refractivity (Wildman–Crippen MR) is 120 cm³/mol. The van der Waals surface area contributed by atoms with Gasteiger partial charge < -0.3 is 26.4 Å². The molecule has 0 bridgehead atoms. The molecule has 0 aliphatic carbocycles. The second-order valence-corrected chi connectivity index (χ2v) is 7.73. The quantitative estimate of drug-likeness (QED) is 0.154. The number of allylic oxidation sites excluding steroid dienone is 3. The summed E-state index contributed by atoms with van der Waals surface area (Å²) in [6.45, 7) is 1.84. The molecule has 0 aliphatic rings. The van der Waals surface area contributed by atoms with Crippen molar-refractivity contribution >= 4 is 17.8 Å². The molecule has 31 heavy (non-hydrogen) atoms. The molecule has 0 heterocycles. The number of amides is 2. The lowest BCUT2D eigenvalue weighted by Gasteiger charge is -2.13. The normalized spacial score (nSPS) is 14.5. The highest BCUT2D eigenvalue weighted by atomic mass is 16.4. The van der Waals surface area contributed by atoms with Crippen LogP contribution in [-0.2, 0) is 14.4 Å². The van der Waals surface area contributed by atoms with Gasteiger partial charge in [0.05, 0.1) is 12.2 Å². The van der Waals surface area contributed by atoms with Crippen LogP contribution in [-0.4, -0.2) is 51.4 Å². The van der Waals surface area contributed by atoms with Gasteiger partial charge in [0.2, 0.25) is 11.8 Å². The van der Waals surface area contributed by atoms with Crippen molar-refractivity contribution in [3.63, 3.8) is 0 Å². The maximum atomic E-state index is 11.8. The summed E-state index contributed by atoms with van der Waals surface area (Å²) in [4.78, 5) is 33.7. The average molecular weight is 441 g/mol. The molecule has 8 nitrogen and oxygen atoms in total. The third-order valence-electron chi connectivity index (χ3n) is 4.93. The van der Waals surface area contributed by atoms with Crippen molar-refractivity contribution in [1.29, 1.82) is 0 Å². The number of aliphatic hydroxyl groups is 2. The number of nitrogens with two attached hydrogens (primary N) is 1. The van der Waals surface area contributed by atoms with E-state index in [9.17, 15) is 24.6 Å². The molecule has 0 saturated carbocycles. The fourth-order valence-electron chi connectivity index (χ4n) is 2.94. The highest BCUT2D eigenvalue weighted by Crippen LogP contribution is 2.09. The van der Waals surface area contributed by atoms with Crippen molar-refractivity contribution in [2.24, 2.45) is 5.73 Å². The number of unbranched alkanes of at least 4 members (excludes halogenated alkanes) is 5. The first-order chi connectivity index (χ1) is 14.8. The van der Waals surface area contributed by atoms with E-state index in [1.165, 1.54) is 0 Å². The van der Waals surface area contributed by atoms with Crippen LogP contribution < -0.4 is 11.1 Å². The number of hydrogen-bond acceptors (Lipinski definition) is 5. The van der Waals surface area contributed by atoms with Gasteiger partial charge in [0, 0.05) is 12.8 Å². The number of carbonyl (C=O) groups is 3. The van der Waals surface area contributed by atoms with Crippen molar-refractivity contribution in [3.8, 4) is 0 Å². The van der Waals surface area contributed by atoms with Crippen molar-refractivity contribution in [3.05, 3.63) is 24.3 Å². The second kappa shape index (κ2) is 18.6. The Kier molecular flexibility index (Phi) is 17.3. The zero-order valence-electron chi connectivity index (χ0n) is 18.7. The molecule has 0 aromatic heterocycles. The van der Waals surface area contributed by atoms with E-state index in [4.69, 9.17) is 10.8 Å². The Morgan fingerprint density at radius 2 is 1.55 bits per heavy atom. The number of rotatable bonds is 19. The van der Waals surface area contributed by atoms with Gasteiger partial charge >= 0.3 is 5.97 Å². The minimum Gasteiger partial charge on any atom is -0.480 e. The fourth-order valence-corrected chi connectivity index (χ4v) is 2.94. The number of hydrogen-bond donors (Lipinski definition) is 5. The van der Waals surface area contributed by atoms with Crippen molar-refractivity contribution < 1.29 is 29.7 Å². The van der Waals surface area contributed by atoms with E-state index in [0.717, 1.165) is 38.5 Å². The Hall–Kier alpha value is -2.19. The Bertz CT molecular complexity index is 576. The van der Waals surface area contributed by atoms with Crippen LogP contribution in [0.1, 0.15) is 84.0 Å². The van der Waals surface area contributed by atoms with Gasteiger partial charge in [0.15, 0.2) is 0 Å². The molecular weight excluding hydrogens is 400 g/mol. The number of carboxylic acid groups (broad SMARTS) is 1. The molecule has 0 radical (unpaired) electrons. The van der Waals surface area contributed by atoms with E-state index in [1.807, 2.05) is 19.1 Å². The SMILES string of the molecule is CC[C@H](O)[C@H](O)C/C=C\C/C=C\CCCCCCCC(=O)N[C@@H](CCC(N)=O)C(=O)O. The molecule has 6 N–H and O–H groups in total. The van der Waals surface area contributed by atoms with E-state index in [-0.39, 0.29) is 25.2 Å². The van der Waals surface area contributed by atoms with Gasteiger partial charge in [-0.05, 0) is 44.9 Å². The molecule has 8 heteroatoms. The molecule has 3 atom stereocenters. The van der Waals surface area contributed by atoms with E-state index < -0.39 is 30.1 Å². The molecule has 0 aromatic carbocycles. The van der Waals surface area contributed by atoms with Crippen molar-refractivity contribution in [2.45, 2.75) is 102 Å². The third-order valence-corrected chi connectivity index (χ3v) is 4.93. The maximum absolute atomic E-state index is 11.8. The van der Waals surface area contributed by atoms with Crippen LogP contribution in [0, 0.1) is 0 Å². The van der Waals surface area contributed by atoms with Gasteiger partial charge in [-0.1, -0.05) is 50.5 Å². The highest BCUT2D eigenvalue weighted by Gasteiger charge is 2.20. The first-order valence-electron chi connectivity index (χ1n) is 11.2. The Balaban J connectivity index is 3.69. The van der Waals surface area contributed by atoms with Crippen LogP contribution in [0.3, 0.4) is 0 Å². The molecule has 2 amide bonds. The summed E-state index contributed by atoms with van der Waals surface area (Å²) in [5, 5.41) is 30.6. The molecular formula is C23H40N2O6. The summed E-state index contributed by atoms with van der Waals surface area (Å²) in [6.07, 6.45) is 14.5.